The van der Waals surface area contributed by atoms with Crippen molar-refractivity contribution in [1.29, 1.82) is 0 Å². The number of hydrogen-bond acceptors (Lipinski definition) is 7. The first-order chi connectivity index (χ1) is 7.93. The Labute approximate surface area is 113 Å². The highest BCUT2D eigenvalue weighted by Crippen LogP contribution is 2.22. The Kier molecular flexibility index (Phi) is 4.75. The first kappa shape index (κ1) is 14.1. The maximum atomic E-state index is 4.94. The Bertz CT molecular complexity index is 535. The first-order valence-electron chi connectivity index (χ1n) is 4.45. The van der Waals surface area contributed by atoms with Crippen LogP contribution in [0.3, 0.4) is 0 Å². The lowest BCUT2D eigenvalue weighted by Crippen LogP contribution is -1.82. The van der Waals surface area contributed by atoms with Gasteiger partial charge >= 0.3 is 0 Å². The van der Waals surface area contributed by atoms with Gasteiger partial charge in [-0.1, -0.05) is 0 Å². The summed E-state index contributed by atoms with van der Waals surface area (Å²) in [7, 11) is 0. The standard InChI is InChI=1S/C9H5N5O2.2ClH/c1-2-10-7(9-5-12-14-16-9)3-6(1)8-4-11-13-15-8;;/h1-5H;2*1H. The van der Waals surface area contributed by atoms with Crippen molar-refractivity contribution in [3.05, 3.63) is 30.7 Å². The van der Waals surface area contributed by atoms with Crippen LogP contribution in [0.4, 0.5) is 0 Å². The fourth-order valence-electron chi connectivity index (χ4n) is 1.29. The molecule has 0 amide bonds. The smallest absolute Gasteiger partial charge is 0.205 e. The summed E-state index contributed by atoms with van der Waals surface area (Å²) in [4.78, 5) is 4.14. The normalized spacial score (nSPS) is 9.33. The fourth-order valence-corrected chi connectivity index (χ4v) is 1.29. The van der Waals surface area contributed by atoms with Crippen molar-refractivity contribution >= 4 is 24.8 Å². The summed E-state index contributed by atoms with van der Waals surface area (Å²) >= 11 is 0. The average Bonchev–Trinajstić information content (AvgIpc) is 3.03. The van der Waals surface area contributed by atoms with E-state index in [2.05, 4.69) is 25.7 Å². The molecule has 0 N–H and O–H groups in total. The van der Waals surface area contributed by atoms with E-state index in [1.54, 1.807) is 18.3 Å². The van der Waals surface area contributed by atoms with Gasteiger partial charge in [0, 0.05) is 22.3 Å². The van der Waals surface area contributed by atoms with E-state index in [-0.39, 0.29) is 24.8 Å². The molecule has 0 aliphatic rings. The minimum Gasteiger partial charge on any atom is -0.337 e. The van der Waals surface area contributed by atoms with E-state index in [9.17, 15) is 0 Å². The topological polar surface area (TPSA) is 90.7 Å². The molecule has 3 aromatic heterocycles. The number of pyridine rings is 1. The van der Waals surface area contributed by atoms with E-state index in [1.807, 2.05) is 0 Å². The van der Waals surface area contributed by atoms with Crippen molar-refractivity contribution in [2.45, 2.75) is 0 Å². The zero-order chi connectivity index (χ0) is 10.8. The second-order valence-corrected chi connectivity index (χ2v) is 2.99. The second-order valence-electron chi connectivity index (χ2n) is 2.99. The highest BCUT2D eigenvalue weighted by Gasteiger charge is 2.08. The van der Waals surface area contributed by atoms with E-state index in [0.29, 0.717) is 17.2 Å². The molecule has 0 bridgehead atoms. The summed E-state index contributed by atoms with van der Waals surface area (Å²) in [6.45, 7) is 0. The van der Waals surface area contributed by atoms with E-state index >= 15 is 0 Å². The summed E-state index contributed by atoms with van der Waals surface area (Å²) in [5.41, 5.74) is 1.44. The van der Waals surface area contributed by atoms with Gasteiger partial charge in [0.1, 0.15) is 11.9 Å². The summed E-state index contributed by atoms with van der Waals surface area (Å²) in [5.74, 6) is 1.06. The molecule has 0 saturated carbocycles. The minimum atomic E-state index is 0. The molecule has 3 aromatic rings. The van der Waals surface area contributed by atoms with E-state index < -0.39 is 0 Å². The lowest BCUT2D eigenvalue weighted by molar-refractivity contribution is 0.402. The number of halogens is 2. The molecule has 0 saturated heterocycles. The predicted molar refractivity (Wildman–Crippen MR) is 65.3 cm³/mol. The van der Waals surface area contributed by atoms with Gasteiger partial charge < -0.3 is 9.05 Å². The van der Waals surface area contributed by atoms with Crippen molar-refractivity contribution in [3.8, 4) is 22.8 Å². The van der Waals surface area contributed by atoms with Crippen LogP contribution in [0.2, 0.25) is 0 Å². The quantitative estimate of drug-likeness (QED) is 0.712. The van der Waals surface area contributed by atoms with Gasteiger partial charge in [0.05, 0.1) is 6.20 Å². The van der Waals surface area contributed by atoms with Gasteiger partial charge in [0.15, 0.2) is 5.76 Å². The lowest BCUT2D eigenvalue weighted by atomic mass is 10.2. The third kappa shape index (κ3) is 2.63. The van der Waals surface area contributed by atoms with Crippen LogP contribution in [-0.2, 0) is 0 Å². The van der Waals surface area contributed by atoms with Crippen LogP contribution in [0.15, 0.2) is 39.8 Å². The Morgan fingerprint density at radius 1 is 0.889 bits per heavy atom. The van der Waals surface area contributed by atoms with Gasteiger partial charge in [-0.25, -0.2) is 0 Å². The van der Waals surface area contributed by atoms with Crippen molar-refractivity contribution in [3.63, 3.8) is 0 Å². The molecule has 3 heterocycles. The summed E-state index contributed by atoms with van der Waals surface area (Å²) < 4.78 is 9.85. The molecule has 0 aromatic carbocycles. The van der Waals surface area contributed by atoms with Crippen molar-refractivity contribution in [1.82, 2.24) is 25.7 Å². The molecular formula is C9H7Cl2N5O2. The van der Waals surface area contributed by atoms with Crippen molar-refractivity contribution in [2.24, 2.45) is 0 Å². The number of hydrogen-bond donors (Lipinski definition) is 0. The van der Waals surface area contributed by atoms with Crippen molar-refractivity contribution in [2.75, 3.05) is 0 Å². The number of aromatic nitrogens is 5. The molecule has 0 aliphatic heterocycles. The minimum absolute atomic E-state index is 0. The van der Waals surface area contributed by atoms with Crippen LogP contribution in [0.25, 0.3) is 22.8 Å². The third-order valence-electron chi connectivity index (χ3n) is 2.02. The van der Waals surface area contributed by atoms with Crippen LogP contribution in [0.5, 0.6) is 0 Å². The molecule has 0 radical (unpaired) electrons. The Balaban J connectivity index is 0.000000810. The van der Waals surface area contributed by atoms with Gasteiger partial charge in [-0.2, -0.15) is 0 Å². The zero-order valence-corrected chi connectivity index (χ0v) is 10.4. The molecule has 0 fully saturated rings. The highest BCUT2D eigenvalue weighted by molar-refractivity contribution is 5.85. The summed E-state index contributed by atoms with van der Waals surface area (Å²) in [6, 6.07) is 3.57. The molecule has 7 nitrogen and oxygen atoms in total. The van der Waals surface area contributed by atoms with Crippen molar-refractivity contribution < 1.29 is 9.05 Å². The van der Waals surface area contributed by atoms with Crippen LogP contribution < -0.4 is 0 Å². The van der Waals surface area contributed by atoms with Crippen LogP contribution in [0.1, 0.15) is 0 Å². The average molecular weight is 288 g/mol. The molecule has 0 spiro atoms. The van der Waals surface area contributed by atoms with E-state index in [0.717, 1.165) is 5.56 Å². The molecular weight excluding hydrogens is 281 g/mol. The van der Waals surface area contributed by atoms with Gasteiger partial charge in [-0.15, -0.1) is 35.0 Å². The Morgan fingerprint density at radius 3 is 2.17 bits per heavy atom. The maximum Gasteiger partial charge on any atom is 0.205 e. The molecule has 18 heavy (non-hydrogen) atoms. The number of nitrogens with zero attached hydrogens (tertiary/aromatic N) is 5. The first-order valence-corrected chi connectivity index (χ1v) is 4.45. The Morgan fingerprint density at radius 2 is 1.56 bits per heavy atom. The number of rotatable bonds is 2. The third-order valence-corrected chi connectivity index (χ3v) is 2.02. The largest absolute Gasteiger partial charge is 0.337 e. The lowest BCUT2D eigenvalue weighted by Gasteiger charge is -1.96. The van der Waals surface area contributed by atoms with Gasteiger partial charge in [-0.05, 0) is 12.1 Å². The van der Waals surface area contributed by atoms with Crippen LogP contribution in [-0.4, -0.2) is 25.7 Å². The second kappa shape index (κ2) is 6.08. The molecule has 0 aliphatic carbocycles. The van der Waals surface area contributed by atoms with Crippen LogP contribution in [0, 0.1) is 0 Å². The maximum absolute atomic E-state index is 4.94. The fraction of sp³-hybridized carbons (Fsp3) is 0. The molecule has 0 unspecified atom stereocenters. The SMILES string of the molecule is Cl.Cl.c1cc(-c2cnno2)cc(-c2cnno2)n1. The summed E-state index contributed by atoms with van der Waals surface area (Å²) in [5, 5.41) is 14.0. The molecule has 9 heteroatoms. The predicted octanol–water partition coefficient (Wildman–Crippen LogP) is 2.03. The van der Waals surface area contributed by atoms with E-state index in [4.69, 9.17) is 9.05 Å². The molecule has 94 valence electrons. The van der Waals surface area contributed by atoms with Gasteiger partial charge in [0.25, 0.3) is 0 Å². The highest BCUT2D eigenvalue weighted by atomic mass is 35.5. The molecule has 3 rings (SSSR count). The van der Waals surface area contributed by atoms with Gasteiger partial charge in [-0.3, -0.25) is 4.98 Å². The molecule has 0 atom stereocenters. The zero-order valence-electron chi connectivity index (χ0n) is 8.76. The van der Waals surface area contributed by atoms with Gasteiger partial charge in [0.2, 0.25) is 5.76 Å². The van der Waals surface area contributed by atoms with Crippen LogP contribution >= 0.6 is 24.8 Å². The Hall–Kier alpha value is -1.99. The monoisotopic (exact) mass is 287 g/mol. The van der Waals surface area contributed by atoms with E-state index in [1.165, 1.54) is 12.4 Å². The summed E-state index contributed by atoms with van der Waals surface area (Å²) in [6.07, 6.45) is 4.65.